The van der Waals surface area contributed by atoms with Gasteiger partial charge in [0.2, 0.25) is 0 Å². The first-order valence-corrected chi connectivity index (χ1v) is 37.3. The fourth-order valence-electron chi connectivity index (χ4n) is 17.2. The zero-order valence-corrected chi connectivity index (χ0v) is 62.1. The zero-order valence-electron chi connectivity index (χ0n) is 62.1. The summed E-state index contributed by atoms with van der Waals surface area (Å²) < 4.78 is 0. The summed E-state index contributed by atoms with van der Waals surface area (Å²) in [6, 6.07) is 124. The number of hydrogen-bond acceptors (Lipinski definition) is 2. The summed E-state index contributed by atoms with van der Waals surface area (Å²) in [7, 11) is 0. The monoisotopic (exact) mass is 1340 g/mol. The van der Waals surface area contributed by atoms with Gasteiger partial charge in [0.15, 0.2) is 0 Å². The molecule has 0 spiro atoms. The summed E-state index contributed by atoms with van der Waals surface area (Å²) in [6.07, 6.45) is 0. The SMILES string of the molecule is CC(C)(C)c1cc(-c2ccc3c(c2)N(c2c(-c4ccccc4)cc(C(C)(C)C)cc2-c2ccccc2)c2cc(-c4cccc5c4C(c4ccccc4)(c4ccccc4)c4ccccc4-5)cc4c2B3c2cc(C(C)(C)C)ccc2N4c2c(-c3ccccc3)cccc2-c2ccccc2)cc(C(C)(C)C)c1. The van der Waals surface area contributed by atoms with Crippen LogP contribution in [0.25, 0.3) is 77.9 Å². The predicted octanol–water partition coefficient (Wildman–Crippen LogP) is 25.3. The van der Waals surface area contributed by atoms with Crippen molar-refractivity contribution in [2.75, 3.05) is 9.80 Å². The molecule has 0 fully saturated rings. The van der Waals surface area contributed by atoms with Crippen molar-refractivity contribution in [3.05, 3.63) is 366 Å². The van der Waals surface area contributed by atoms with Gasteiger partial charge in [0.25, 0.3) is 6.71 Å². The van der Waals surface area contributed by atoms with E-state index in [9.17, 15) is 0 Å². The van der Waals surface area contributed by atoms with Crippen molar-refractivity contribution in [2.24, 2.45) is 0 Å². The van der Waals surface area contributed by atoms with Gasteiger partial charge in [-0.05, 0) is 175 Å². The summed E-state index contributed by atoms with van der Waals surface area (Å²) in [5, 5.41) is 0. The van der Waals surface area contributed by atoms with Crippen molar-refractivity contribution in [3.63, 3.8) is 0 Å². The molecule has 2 heterocycles. The van der Waals surface area contributed by atoms with Gasteiger partial charge in [-0.25, -0.2) is 0 Å². The fraction of sp³-hybridized carbons (Fsp3) is 0.168. The Morgan fingerprint density at radius 1 is 0.240 bits per heavy atom. The van der Waals surface area contributed by atoms with E-state index in [1.807, 2.05) is 0 Å². The Labute approximate surface area is 617 Å². The van der Waals surface area contributed by atoms with Gasteiger partial charge in [-0.1, -0.05) is 368 Å². The Morgan fingerprint density at radius 2 is 0.635 bits per heavy atom. The highest BCUT2D eigenvalue weighted by Crippen LogP contribution is 2.61. The number of fused-ring (bicyclic) bond motifs is 7. The van der Waals surface area contributed by atoms with Crippen LogP contribution in [0.2, 0.25) is 0 Å². The van der Waals surface area contributed by atoms with Crippen molar-refractivity contribution in [2.45, 2.75) is 110 Å². The Bertz CT molecular complexity index is 5440. The van der Waals surface area contributed by atoms with Crippen LogP contribution in [0.3, 0.4) is 0 Å². The van der Waals surface area contributed by atoms with Crippen molar-refractivity contribution in [1.82, 2.24) is 0 Å². The largest absolute Gasteiger partial charge is 0.310 e. The molecule has 0 saturated carbocycles. The van der Waals surface area contributed by atoms with Gasteiger partial charge in [-0.3, -0.25) is 0 Å². The van der Waals surface area contributed by atoms with E-state index in [0.717, 1.165) is 73.1 Å². The third-order valence-corrected chi connectivity index (χ3v) is 22.5. The molecule has 14 aromatic rings. The molecule has 1 aliphatic carbocycles. The third-order valence-electron chi connectivity index (χ3n) is 22.5. The first kappa shape index (κ1) is 66.0. The van der Waals surface area contributed by atoms with Crippen molar-refractivity contribution in [3.8, 4) is 77.9 Å². The Kier molecular flexibility index (Phi) is 15.9. The number of rotatable bonds is 10. The van der Waals surface area contributed by atoms with Crippen LogP contribution < -0.4 is 26.2 Å². The molecule has 0 radical (unpaired) electrons. The first-order chi connectivity index (χ1) is 50.1. The summed E-state index contributed by atoms with van der Waals surface area (Å²) in [4.78, 5) is 5.48. The van der Waals surface area contributed by atoms with Gasteiger partial charge < -0.3 is 9.80 Å². The number of hydrogen-bond donors (Lipinski definition) is 0. The van der Waals surface area contributed by atoms with E-state index in [1.165, 1.54) is 99.8 Å². The van der Waals surface area contributed by atoms with Crippen LogP contribution in [0.1, 0.15) is 128 Å². The van der Waals surface area contributed by atoms with E-state index in [2.05, 4.69) is 414 Å². The highest BCUT2D eigenvalue weighted by molar-refractivity contribution is 7.00. The van der Waals surface area contributed by atoms with Gasteiger partial charge in [0.05, 0.1) is 16.8 Å². The molecule has 0 N–H and O–H groups in total. The van der Waals surface area contributed by atoms with E-state index in [0.29, 0.717) is 0 Å². The lowest BCUT2D eigenvalue weighted by molar-refractivity contribution is 0.569. The molecule has 3 heteroatoms. The maximum absolute atomic E-state index is 2.77. The van der Waals surface area contributed by atoms with E-state index in [-0.39, 0.29) is 28.4 Å². The van der Waals surface area contributed by atoms with E-state index in [4.69, 9.17) is 0 Å². The highest BCUT2D eigenvalue weighted by Gasteiger charge is 2.50. The second-order valence-corrected chi connectivity index (χ2v) is 33.2. The summed E-state index contributed by atoms with van der Waals surface area (Å²) >= 11 is 0. The van der Waals surface area contributed by atoms with Gasteiger partial charge >= 0.3 is 0 Å². The average molecular weight is 1340 g/mol. The smallest absolute Gasteiger partial charge is 0.252 e. The van der Waals surface area contributed by atoms with E-state index in [1.54, 1.807) is 0 Å². The van der Waals surface area contributed by atoms with Crippen molar-refractivity contribution < 1.29 is 0 Å². The zero-order chi connectivity index (χ0) is 71.6. The number of nitrogens with zero attached hydrogens (tertiary/aromatic N) is 2. The van der Waals surface area contributed by atoms with Crippen LogP contribution in [-0.2, 0) is 27.1 Å². The fourth-order valence-corrected chi connectivity index (χ4v) is 17.2. The quantitative estimate of drug-likeness (QED) is 0.126. The summed E-state index contributed by atoms with van der Waals surface area (Å²) in [6.45, 7) is 28.1. The minimum absolute atomic E-state index is 0.106. The third kappa shape index (κ3) is 11.0. The van der Waals surface area contributed by atoms with Crippen molar-refractivity contribution in [1.29, 1.82) is 0 Å². The lowest BCUT2D eigenvalue weighted by Crippen LogP contribution is -2.61. The summed E-state index contributed by atoms with van der Waals surface area (Å²) in [5.41, 5.74) is 36.0. The molecule has 0 amide bonds. The van der Waals surface area contributed by atoms with Crippen LogP contribution in [0.4, 0.5) is 34.1 Å². The van der Waals surface area contributed by atoms with Gasteiger partial charge in [-0.2, -0.15) is 0 Å². The molecule has 506 valence electrons. The van der Waals surface area contributed by atoms with Crippen LogP contribution in [0, 0.1) is 0 Å². The minimum Gasteiger partial charge on any atom is -0.310 e. The molecule has 2 nitrogen and oxygen atoms in total. The average Bonchev–Trinajstić information content (AvgIpc) is 1.66. The van der Waals surface area contributed by atoms with E-state index < -0.39 is 5.41 Å². The topological polar surface area (TPSA) is 6.48 Å². The molecule has 14 aromatic carbocycles. The Morgan fingerprint density at radius 3 is 1.12 bits per heavy atom. The maximum Gasteiger partial charge on any atom is 0.252 e. The first-order valence-electron chi connectivity index (χ1n) is 37.3. The van der Waals surface area contributed by atoms with E-state index >= 15 is 0 Å². The molecular formula is C101H89BN2. The van der Waals surface area contributed by atoms with Crippen LogP contribution in [0.15, 0.2) is 322 Å². The molecule has 0 aromatic heterocycles. The van der Waals surface area contributed by atoms with Crippen LogP contribution >= 0.6 is 0 Å². The highest BCUT2D eigenvalue weighted by atomic mass is 15.2. The Balaban J connectivity index is 1.10. The van der Waals surface area contributed by atoms with Crippen LogP contribution in [0.5, 0.6) is 0 Å². The molecule has 2 aliphatic heterocycles. The lowest BCUT2D eigenvalue weighted by Gasteiger charge is -2.46. The molecule has 3 aliphatic rings. The molecule has 0 bridgehead atoms. The van der Waals surface area contributed by atoms with Gasteiger partial charge in [0.1, 0.15) is 0 Å². The second kappa shape index (κ2) is 25.0. The van der Waals surface area contributed by atoms with Crippen molar-refractivity contribution >= 4 is 57.2 Å². The predicted molar refractivity (Wildman–Crippen MR) is 445 cm³/mol. The maximum atomic E-state index is 2.77. The molecular weight excluding hydrogens is 1250 g/mol. The second-order valence-electron chi connectivity index (χ2n) is 33.2. The van der Waals surface area contributed by atoms with Crippen LogP contribution in [-0.4, -0.2) is 6.71 Å². The Hall–Kier alpha value is -11.3. The molecule has 104 heavy (non-hydrogen) atoms. The standard InChI is InChI=1S/C101H89BN2/c1-97(2,3)75-54-56-89-88(65-75)102-87-55-53-70(71-57-76(98(4,5)6)62-77(58-71)99(7,8)9)59-90(87)104(96-84(68-39-23-15-24-40-68)63-78(100(10,11)12)64-85(96)69-41-25-16-26-42-69)92-61-72(60-91(94(92)102)103(89)95-80(66-35-19-13-20-36-66)49-34-50-81(95)67-37-21-14-22-38-67)79-48-33-51-83-82-47-31-32-52-86(82)101(93(79)83,73-43-27-17-28-44-73)74-45-29-18-30-46-74/h13-65H,1-12H3. The summed E-state index contributed by atoms with van der Waals surface area (Å²) in [5.74, 6) is 0. The van der Waals surface area contributed by atoms with Gasteiger partial charge in [0, 0.05) is 45.0 Å². The molecule has 0 unspecified atom stereocenters. The lowest BCUT2D eigenvalue weighted by atomic mass is 9.33. The molecule has 0 saturated heterocycles. The number of benzene rings is 14. The normalized spacial score (nSPS) is 13.6. The van der Waals surface area contributed by atoms with Gasteiger partial charge in [-0.15, -0.1) is 0 Å². The molecule has 0 atom stereocenters. The number of para-hydroxylation sites is 1. The number of anilines is 6. The molecule has 17 rings (SSSR count). The minimum atomic E-state index is -0.713.